The molecule has 0 bridgehead atoms. The summed E-state index contributed by atoms with van der Waals surface area (Å²) in [6.07, 6.45) is -0.0856. The van der Waals surface area contributed by atoms with E-state index in [-0.39, 0.29) is 23.2 Å². The van der Waals surface area contributed by atoms with E-state index in [0.717, 1.165) is 0 Å². The van der Waals surface area contributed by atoms with Gasteiger partial charge in [-0.2, -0.15) is 0 Å². The number of halogens is 1. The second-order valence-corrected chi connectivity index (χ2v) is 3.05. The van der Waals surface area contributed by atoms with Gasteiger partial charge in [0.05, 0.1) is 17.5 Å². The number of hydrogen-bond acceptors (Lipinski definition) is 3. The number of hydrogen-bond donors (Lipinski definition) is 2. The van der Waals surface area contributed by atoms with Crippen LogP contribution in [0.15, 0.2) is 12.1 Å². The molecule has 0 unspecified atom stereocenters. The molecule has 13 heavy (non-hydrogen) atoms. The van der Waals surface area contributed by atoms with Crippen LogP contribution >= 0.6 is 0 Å². The Hall–Kier alpha value is -1.45. The molecule has 3 nitrogen and oxygen atoms in total. The normalized spacial score (nSPS) is 10.5. The van der Waals surface area contributed by atoms with Crippen molar-refractivity contribution in [2.75, 3.05) is 11.5 Å². The molecule has 0 amide bonds. The first-order valence-corrected chi connectivity index (χ1v) is 4.02. The Balaban J connectivity index is 3.04. The second kappa shape index (κ2) is 3.51. The van der Waals surface area contributed by atoms with Crippen LogP contribution < -0.4 is 16.2 Å². The number of nitrogens with two attached hydrogens (primary N) is 2. The third-order valence-electron chi connectivity index (χ3n) is 1.54. The first kappa shape index (κ1) is 9.64. The average molecular weight is 184 g/mol. The van der Waals surface area contributed by atoms with E-state index in [1.54, 1.807) is 0 Å². The van der Waals surface area contributed by atoms with Crippen LogP contribution in [-0.4, -0.2) is 6.10 Å². The van der Waals surface area contributed by atoms with E-state index in [4.69, 9.17) is 16.2 Å². The molecule has 1 rings (SSSR count). The summed E-state index contributed by atoms with van der Waals surface area (Å²) in [6.45, 7) is 3.62. The fourth-order valence-corrected chi connectivity index (χ4v) is 0.933. The standard InChI is InChI=1S/C9H13FN2O/c1-5(2)13-7-4-3-6(11)9(12)8(7)10/h3-5H,11-12H2,1-2H3. The summed E-state index contributed by atoms with van der Waals surface area (Å²) in [6, 6.07) is 3.00. The van der Waals surface area contributed by atoms with Crippen LogP contribution in [0.4, 0.5) is 15.8 Å². The maximum Gasteiger partial charge on any atom is 0.190 e. The molecule has 0 heterocycles. The van der Waals surface area contributed by atoms with Gasteiger partial charge in [0, 0.05) is 0 Å². The van der Waals surface area contributed by atoms with Crippen LogP contribution in [0.5, 0.6) is 5.75 Å². The number of rotatable bonds is 2. The lowest BCUT2D eigenvalue weighted by molar-refractivity contribution is 0.231. The molecule has 0 radical (unpaired) electrons. The summed E-state index contributed by atoms with van der Waals surface area (Å²) in [5.74, 6) is -0.449. The van der Waals surface area contributed by atoms with Crippen molar-refractivity contribution < 1.29 is 9.13 Å². The Morgan fingerprint density at radius 3 is 2.46 bits per heavy atom. The highest BCUT2D eigenvalue weighted by Crippen LogP contribution is 2.27. The third-order valence-corrected chi connectivity index (χ3v) is 1.54. The highest BCUT2D eigenvalue weighted by Gasteiger charge is 2.10. The molecular formula is C9H13FN2O. The van der Waals surface area contributed by atoms with Crippen LogP contribution in [0.3, 0.4) is 0 Å². The SMILES string of the molecule is CC(C)Oc1ccc(N)c(N)c1F. The van der Waals surface area contributed by atoms with Gasteiger partial charge in [0.1, 0.15) is 0 Å². The van der Waals surface area contributed by atoms with E-state index >= 15 is 0 Å². The first-order chi connectivity index (χ1) is 6.02. The predicted octanol–water partition coefficient (Wildman–Crippen LogP) is 1.78. The Morgan fingerprint density at radius 1 is 1.31 bits per heavy atom. The maximum atomic E-state index is 13.3. The van der Waals surface area contributed by atoms with Crippen LogP contribution in [0.2, 0.25) is 0 Å². The minimum Gasteiger partial charge on any atom is -0.488 e. The predicted molar refractivity (Wildman–Crippen MR) is 51.0 cm³/mol. The van der Waals surface area contributed by atoms with Crippen molar-refractivity contribution in [1.29, 1.82) is 0 Å². The molecule has 0 atom stereocenters. The number of benzene rings is 1. The minimum atomic E-state index is -0.589. The van der Waals surface area contributed by atoms with E-state index in [1.807, 2.05) is 13.8 Å². The van der Waals surface area contributed by atoms with E-state index in [2.05, 4.69) is 0 Å². The fourth-order valence-electron chi connectivity index (χ4n) is 0.933. The van der Waals surface area contributed by atoms with Crippen molar-refractivity contribution in [2.45, 2.75) is 20.0 Å². The van der Waals surface area contributed by atoms with Gasteiger partial charge in [-0.25, -0.2) is 4.39 Å². The fraction of sp³-hybridized carbons (Fsp3) is 0.333. The van der Waals surface area contributed by atoms with Gasteiger partial charge in [0.25, 0.3) is 0 Å². The maximum absolute atomic E-state index is 13.3. The summed E-state index contributed by atoms with van der Waals surface area (Å²) in [5, 5.41) is 0. The van der Waals surface area contributed by atoms with Crippen LogP contribution in [0.1, 0.15) is 13.8 Å². The molecule has 0 aliphatic rings. The molecule has 4 N–H and O–H groups in total. The van der Waals surface area contributed by atoms with Gasteiger partial charge < -0.3 is 16.2 Å². The summed E-state index contributed by atoms with van der Waals surface area (Å²) in [4.78, 5) is 0. The number of anilines is 2. The summed E-state index contributed by atoms with van der Waals surface area (Å²) in [5.41, 5.74) is 11.0. The first-order valence-electron chi connectivity index (χ1n) is 4.02. The van der Waals surface area contributed by atoms with Crippen molar-refractivity contribution in [3.8, 4) is 5.75 Å². The van der Waals surface area contributed by atoms with Gasteiger partial charge >= 0.3 is 0 Å². The van der Waals surface area contributed by atoms with Gasteiger partial charge in [0.15, 0.2) is 11.6 Å². The largest absolute Gasteiger partial charge is 0.488 e. The molecule has 0 aliphatic carbocycles. The Labute approximate surface area is 76.5 Å². The molecule has 0 saturated heterocycles. The summed E-state index contributed by atoms with van der Waals surface area (Å²) >= 11 is 0. The second-order valence-electron chi connectivity index (χ2n) is 3.05. The van der Waals surface area contributed by atoms with Crippen molar-refractivity contribution in [3.63, 3.8) is 0 Å². The zero-order chi connectivity index (χ0) is 10.0. The lowest BCUT2D eigenvalue weighted by atomic mass is 10.2. The van der Waals surface area contributed by atoms with Gasteiger partial charge in [-0.05, 0) is 26.0 Å². The summed E-state index contributed by atoms with van der Waals surface area (Å²) < 4.78 is 18.5. The molecule has 0 spiro atoms. The lowest BCUT2D eigenvalue weighted by Crippen LogP contribution is -2.08. The quantitative estimate of drug-likeness (QED) is 0.688. The van der Waals surface area contributed by atoms with Crippen LogP contribution in [-0.2, 0) is 0 Å². The van der Waals surface area contributed by atoms with Gasteiger partial charge in [-0.15, -0.1) is 0 Å². The molecule has 72 valence electrons. The Bertz CT molecular complexity index is 313. The third kappa shape index (κ3) is 2.02. The molecule has 0 aromatic heterocycles. The van der Waals surface area contributed by atoms with Gasteiger partial charge in [-0.1, -0.05) is 0 Å². The molecule has 0 fully saturated rings. The van der Waals surface area contributed by atoms with E-state index in [9.17, 15) is 4.39 Å². The van der Waals surface area contributed by atoms with Crippen molar-refractivity contribution >= 4 is 11.4 Å². The topological polar surface area (TPSA) is 61.3 Å². The zero-order valence-electron chi connectivity index (χ0n) is 7.67. The molecule has 4 heteroatoms. The lowest BCUT2D eigenvalue weighted by Gasteiger charge is -2.12. The van der Waals surface area contributed by atoms with Crippen LogP contribution in [0, 0.1) is 5.82 Å². The molecular weight excluding hydrogens is 171 g/mol. The van der Waals surface area contributed by atoms with E-state index in [1.165, 1.54) is 12.1 Å². The number of ether oxygens (including phenoxy) is 1. The van der Waals surface area contributed by atoms with E-state index in [0.29, 0.717) is 0 Å². The smallest absolute Gasteiger partial charge is 0.190 e. The monoisotopic (exact) mass is 184 g/mol. The molecule has 1 aromatic rings. The highest BCUT2D eigenvalue weighted by molar-refractivity contribution is 5.66. The van der Waals surface area contributed by atoms with E-state index < -0.39 is 5.82 Å². The molecule has 1 aromatic carbocycles. The van der Waals surface area contributed by atoms with Crippen molar-refractivity contribution in [2.24, 2.45) is 0 Å². The summed E-state index contributed by atoms with van der Waals surface area (Å²) in [7, 11) is 0. The molecule has 0 aliphatic heterocycles. The Kier molecular flexibility index (Phi) is 2.60. The van der Waals surface area contributed by atoms with Gasteiger partial charge in [0.2, 0.25) is 0 Å². The van der Waals surface area contributed by atoms with Gasteiger partial charge in [-0.3, -0.25) is 0 Å². The average Bonchev–Trinajstić information content (AvgIpc) is 2.06. The van der Waals surface area contributed by atoms with Crippen LogP contribution in [0.25, 0.3) is 0 Å². The van der Waals surface area contributed by atoms with Crippen molar-refractivity contribution in [3.05, 3.63) is 17.9 Å². The minimum absolute atomic E-state index is 0.0573. The van der Waals surface area contributed by atoms with Crippen molar-refractivity contribution in [1.82, 2.24) is 0 Å². The number of nitrogen functional groups attached to an aromatic ring is 2. The molecule has 0 saturated carbocycles. The highest BCUT2D eigenvalue weighted by atomic mass is 19.1. The zero-order valence-corrected chi connectivity index (χ0v) is 7.67. The Morgan fingerprint density at radius 2 is 1.92 bits per heavy atom.